The smallest absolute Gasteiger partial charge is 0.0177 e. The number of hydrogen-bond acceptors (Lipinski definition) is 0. The summed E-state index contributed by atoms with van der Waals surface area (Å²) >= 11 is 0. The highest BCUT2D eigenvalue weighted by Crippen LogP contribution is 2.15. The lowest BCUT2D eigenvalue weighted by Crippen LogP contribution is -2.02. The minimum absolute atomic E-state index is 0.447. The van der Waals surface area contributed by atoms with Crippen LogP contribution in [0, 0.1) is 59.7 Å². The van der Waals surface area contributed by atoms with E-state index in [0.717, 1.165) is 18.8 Å². The molecule has 0 aliphatic rings. The zero-order valence-electron chi connectivity index (χ0n) is 12.5. The van der Waals surface area contributed by atoms with Crippen molar-refractivity contribution in [1.82, 2.24) is 0 Å². The van der Waals surface area contributed by atoms with E-state index in [2.05, 4.69) is 64.2 Å². The first-order valence-electron chi connectivity index (χ1n) is 6.90. The van der Waals surface area contributed by atoms with Crippen molar-refractivity contribution in [1.29, 1.82) is 0 Å². The molecule has 0 amide bonds. The van der Waals surface area contributed by atoms with Gasteiger partial charge < -0.3 is 0 Å². The molecule has 0 bridgehead atoms. The van der Waals surface area contributed by atoms with Crippen LogP contribution < -0.4 is 0 Å². The fourth-order valence-corrected chi connectivity index (χ4v) is 2.07. The Labute approximate surface area is 114 Å². The summed E-state index contributed by atoms with van der Waals surface area (Å²) in [6.07, 6.45) is 8.24. The number of hydrogen-bond donors (Lipinski definition) is 0. The van der Waals surface area contributed by atoms with Gasteiger partial charge in [0.2, 0.25) is 0 Å². The van der Waals surface area contributed by atoms with Gasteiger partial charge >= 0.3 is 0 Å². The third kappa shape index (κ3) is 9.87. The summed E-state index contributed by atoms with van der Waals surface area (Å²) in [5.41, 5.74) is 0. The molecule has 0 N–H and O–H groups in total. The van der Waals surface area contributed by atoms with Crippen LogP contribution in [-0.4, -0.2) is 0 Å². The van der Waals surface area contributed by atoms with Crippen LogP contribution >= 0.6 is 0 Å². The van der Waals surface area contributed by atoms with Gasteiger partial charge in [0.25, 0.3) is 0 Å². The standard InChI is InChI=1S/C18H26/c1-7-8-9-10-16(4)14-18(6)12-11-17(5)13-15(2)3/h1,15-18H,10,13-14H2,2-6H3. The third-order valence-corrected chi connectivity index (χ3v) is 2.77. The largest absolute Gasteiger partial charge is 0.106 e. The Balaban J connectivity index is 4.07. The normalized spacial score (nSPS) is 14.5. The summed E-state index contributed by atoms with van der Waals surface area (Å²) in [6.45, 7) is 11.1. The van der Waals surface area contributed by atoms with E-state index in [0.29, 0.717) is 17.8 Å². The van der Waals surface area contributed by atoms with Crippen molar-refractivity contribution in [2.75, 3.05) is 0 Å². The Morgan fingerprint density at radius 3 is 1.94 bits per heavy atom. The monoisotopic (exact) mass is 242 g/mol. The van der Waals surface area contributed by atoms with Gasteiger partial charge in [-0.15, -0.1) is 6.42 Å². The summed E-state index contributed by atoms with van der Waals surface area (Å²) < 4.78 is 0. The van der Waals surface area contributed by atoms with E-state index < -0.39 is 0 Å². The molecule has 98 valence electrons. The molecule has 0 fully saturated rings. The zero-order valence-corrected chi connectivity index (χ0v) is 12.5. The second-order valence-electron chi connectivity index (χ2n) is 5.71. The average Bonchev–Trinajstić information content (AvgIpc) is 2.26. The highest BCUT2D eigenvalue weighted by atomic mass is 14.1. The number of rotatable bonds is 5. The second-order valence-corrected chi connectivity index (χ2v) is 5.71. The predicted octanol–water partition coefficient (Wildman–Crippen LogP) is 4.36. The van der Waals surface area contributed by atoms with Crippen molar-refractivity contribution < 1.29 is 0 Å². The summed E-state index contributed by atoms with van der Waals surface area (Å²) in [5, 5.41) is 0. The van der Waals surface area contributed by atoms with Gasteiger partial charge in [-0.2, -0.15) is 0 Å². The van der Waals surface area contributed by atoms with Crippen LogP contribution in [0.3, 0.4) is 0 Å². The molecule has 0 aliphatic heterocycles. The minimum atomic E-state index is 0.447. The van der Waals surface area contributed by atoms with Gasteiger partial charge in [0.1, 0.15) is 0 Å². The van der Waals surface area contributed by atoms with Crippen molar-refractivity contribution in [3.63, 3.8) is 0 Å². The van der Waals surface area contributed by atoms with E-state index in [1.807, 2.05) is 0 Å². The Morgan fingerprint density at radius 1 is 0.889 bits per heavy atom. The van der Waals surface area contributed by atoms with Gasteiger partial charge in [-0.3, -0.25) is 0 Å². The van der Waals surface area contributed by atoms with E-state index in [9.17, 15) is 0 Å². The number of terminal acetylenes is 1. The maximum absolute atomic E-state index is 5.09. The SMILES string of the molecule is C#CC#CCC(C)CC(C)C#CC(C)CC(C)C. The molecule has 0 aromatic rings. The fourth-order valence-electron chi connectivity index (χ4n) is 2.07. The second kappa shape index (κ2) is 9.68. The molecule has 18 heavy (non-hydrogen) atoms. The first-order valence-corrected chi connectivity index (χ1v) is 6.90. The van der Waals surface area contributed by atoms with Gasteiger partial charge in [-0.25, -0.2) is 0 Å². The van der Waals surface area contributed by atoms with Crippen molar-refractivity contribution in [2.45, 2.75) is 53.9 Å². The lowest BCUT2D eigenvalue weighted by Gasteiger charge is -2.11. The van der Waals surface area contributed by atoms with Crippen LogP contribution in [0.2, 0.25) is 0 Å². The molecule has 0 aromatic heterocycles. The Bertz CT molecular complexity index is 372. The van der Waals surface area contributed by atoms with Crippen LogP contribution in [0.15, 0.2) is 0 Å². The van der Waals surface area contributed by atoms with Crippen LogP contribution in [-0.2, 0) is 0 Å². The maximum Gasteiger partial charge on any atom is 0.0177 e. The van der Waals surface area contributed by atoms with Crippen molar-refractivity contribution in [3.05, 3.63) is 0 Å². The quantitative estimate of drug-likeness (QED) is 0.628. The van der Waals surface area contributed by atoms with Crippen molar-refractivity contribution in [2.24, 2.45) is 23.7 Å². The molecule has 0 aromatic carbocycles. The van der Waals surface area contributed by atoms with Crippen LogP contribution in [0.5, 0.6) is 0 Å². The fraction of sp³-hybridized carbons (Fsp3) is 0.667. The van der Waals surface area contributed by atoms with E-state index in [1.165, 1.54) is 6.42 Å². The minimum Gasteiger partial charge on any atom is -0.106 e. The van der Waals surface area contributed by atoms with Gasteiger partial charge in [0.15, 0.2) is 0 Å². The summed E-state index contributed by atoms with van der Waals surface area (Å²) in [6, 6.07) is 0. The Hall–Kier alpha value is -1.32. The molecule has 0 heteroatoms. The van der Waals surface area contributed by atoms with Crippen molar-refractivity contribution >= 4 is 0 Å². The summed E-state index contributed by atoms with van der Waals surface area (Å²) in [4.78, 5) is 0. The van der Waals surface area contributed by atoms with Crippen molar-refractivity contribution in [3.8, 4) is 36.0 Å². The molecule has 3 unspecified atom stereocenters. The Kier molecular flexibility index (Phi) is 8.97. The molecule has 0 rings (SSSR count). The zero-order chi connectivity index (χ0) is 14.0. The van der Waals surface area contributed by atoms with E-state index in [4.69, 9.17) is 6.42 Å². The first-order chi connectivity index (χ1) is 8.45. The van der Waals surface area contributed by atoms with Gasteiger partial charge in [-0.1, -0.05) is 52.4 Å². The van der Waals surface area contributed by atoms with Gasteiger partial charge in [0.05, 0.1) is 0 Å². The van der Waals surface area contributed by atoms with Crippen LogP contribution in [0.1, 0.15) is 53.9 Å². The summed E-state index contributed by atoms with van der Waals surface area (Å²) in [5.74, 6) is 17.0. The molecule has 0 aliphatic carbocycles. The third-order valence-electron chi connectivity index (χ3n) is 2.77. The van der Waals surface area contributed by atoms with E-state index >= 15 is 0 Å². The highest BCUT2D eigenvalue weighted by Gasteiger charge is 2.06. The molecule has 0 spiro atoms. The molecule has 0 radical (unpaired) electrons. The molecular weight excluding hydrogens is 216 g/mol. The molecule has 0 nitrogen and oxygen atoms in total. The lowest BCUT2D eigenvalue weighted by molar-refractivity contribution is 0.482. The lowest BCUT2D eigenvalue weighted by atomic mass is 9.94. The summed E-state index contributed by atoms with van der Waals surface area (Å²) in [7, 11) is 0. The molecule has 3 atom stereocenters. The molecular formula is C18H26. The Morgan fingerprint density at radius 2 is 1.44 bits per heavy atom. The first kappa shape index (κ1) is 16.7. The molecule has 0 heterocycles. The van der Waals surface area contributed by atoms with Crippen LogP contribution in [0.4, 0.5) is 0 Å². The van der Waals surface area contributed by atoms with Gasteiger partial charge in [-0.05, 0) is 36.5 Å². The highest BCUT2D eigenvalue weighted by molar-refractivity contribution is 5.21. The molecule has 0 saturated carbocycles. The van der Waals surface area contributed by atoms with E-state index in [-0.39, 0.29) is 0 Å². The maximum atomic E-state index is 5.09. The van der Waals surface area contributed by atoms with Crippen LogP contribution in [0.25, 0.3) is 0 Å². The van der Waals surface area contributed by atoms with E-state index in [1.54, 1.807) is 0 Å². The predicted molar refractivity (Wildman–Crippen MR) is 80.6 cm³/mol. The topological polar surface area (TPSA) is 0 Å². The average molecular weight is 242 g/mol. The molecule has 0 saturated heterocycles. The van der Waals surface area contributed by atoms with Gasteiger partial charge in [0, 0.05) is 18.3 Å².